The van der Waals surface area contributed by atoms with Gasteiger partial charge in [0.05, 0.1) is 5.69 Å². The van der Waals surface area contributed by atoms with Crippen molar-refractivity contribution >= 4 is 34.4 Å². The van der Waals surface area contributed by atoms with E-state index in [0.29, 0.717) is 16.7 Å². The van der Waals surface area contributed by atoms with Gasteiger partial charge in [0.15, 0.2) is 5.82 Å². The molecular weight excluding hydrogens is 370 g/mol. The number of aryl methyl sites for hydroxylation is 1. The maximum atomic E-state index is 6.17. The van der Waals surface area contributed by atoms with Gasteiger partial charge in [-0.3, -0.25) is 0 Å². The van der Waals surface area contributed by atoms with Crippen LogP contribution in [0, 0.1) is 6.92 Å². The number of thioether (sulfide) groups is 1. The van der Waals surface area contributed by atoms with Crippen molar-refractivity contribution in [2.75, 3.05) is 5.84 Å². The minimum atomic E-state index is 0.666. The number of aromatic nitrogens is 4. The number of nitrogen functional groups attached to an aromatic ring is 1. The molecule has 0 aliphatic rings. The number of hydrogen-bond donors (Lipinski definition) is 1. The van der Waals surface area contributed by atoms with Gasteiger partial charge in [-0.1, -0.05) is 41.6 Å². The van der Waals surface area contributed by atoms with Crippen molar-refractivity contribution in [2.24, 2.45) is 0 Å². The normalized spacial score (nSPS) is 11.1. The molecule has 2 N–H and O–H groups in total. The van der Waals surface area contributed by atoms with Crippen LogP contribution in [-0.4, -0.2) is 19.9 Å². The predicted molar refractivity (Wildman–Crippen MR) is 105 cm³/mol. The maximum absolute atomic E-state index is 6.17. The fraction of sp³-hybridized carbons (Fsp3) is 0.118. The van der Waals surface area contributed by atoms with E-state index in [1.165, 1.54) is 11.1 Å². The lowest BCUT2D eigenvalue weighted by molar-refractivity contribution is 0.849. The molecule has 1 aromatic carbocycles. The fourth-order valence-electron chi connectivity index (χ4n) is 2.31. The van der Waals surface area contributed by atoms with E-state index >= 15 is 0 Å². The number of thiazole rings is 1. The molecule has 0 amide bonds. The smallest absolute Gasteiger partial charge is 0.210 e. The van der Waals surface area contributed by atoms with Crippen molar-refractivity contribution in [3.8, 4) is 22.0 Å². The van der Waals surface area contributed by atoms with Gasteiger partial charge in [-0.2, -0.15) is 11.3 Å². The molecule has 0 aliphatic carbocycles. The van der Waals surface area contributed by atoms with Crippen LogP contribution >= 0.6 is 34.4 Å². The van der Waals surface area contributed by atoms with E-state index in [4.69, 9.17) is 5.84 Å². The van der Waals surface area contributed by atoms with Crippen LogP contribution in [0.4, 0.5) is 0 Å². The van der Waals surface area contributed by atoms with Crippen LogP contribution in [0.5, 0.6) is 0 Å². The Morgan fingerprint density at radius 3 is 2.68 bits per heavy atom. The Balaban J connectivity index is 1.48. The highest BCUT2D eigenvalue weighted by Gasteiger charge is 2.13. The van der Waals surface area contributed by atoms with E-state index in [1.807, 2.05) is 24.3 Å². The molecule has 126 valence electrons. The topological polar surface area (TPSA) is 69.6 Å². The van der Waals surface area contributed by atoms with Gasteiger partial charge in [0.25, 0.3) is 0 Å². The summed E-state index contributed by atoms with van der Waals surface area (Å²) in [6.45, 7) is 2.05. The van der Waals surface area contributed by atoms with Gasteiger partial charge in [0.1, 0.15) is 5.01 Å². The summed E-state index contributed by atoms with van der Waals surface area (Å²) >= 11 is 4.88. The van der Waals surface area contributed by atoms with E-state index in [-0.39, 0.29) is 0 Å². The molecule has 0 radical (unpaired) electrons. The van der Waals surface area contributed by atoms with Gasteiger partial charge < -0.3 is 5.84 Å². The number of benzene rings is 1. The Bertz CT molecular complexity index is 970. The van der Waals surface area contributed by atoms with Crippen molar-refractivity contribution in [3.05, 3.63) is 57.7 Å². The number of nitrogens with zero attached hydrogens (tertiary/aromatic N) is 4. The molecule has 8 heteroatoms. The highest BCUT2D eigenvalue weighted by Crippen LogP contribution is 2.29. The average Bonchev–Trinajstić information content (AvgIpc) is 3.35. The summed E-state index contributed by atoms with van der Waals surface area (Å²) in [4.78, 5) is 4.68. The van der Waals surface area contributed by atoms with Crippen LogP contribution in [0.3, 0.4) is 0 Å². The summed E-state index contributed by atoms with van der Waals surface area (Å²) in [5.41, 5.74) is 4.36. The lowest BCUT2D eigenvalue weighted by atomic mass is 10.1. The van der Waals surface area contributed by atoms with Crippen LogP contribution in [0.25, 0.3) is 22.0 Å². The molecule has 0 bridgehead atoms. The van der Waals surface area contributed by atoms with Gasteiger partial charge in [0, 0.05) is 27.6 Å². The molecule has 0 spiro atoms. The van der Waals surface area contributed by atoms with Crippen LogP contribution in [0.1, 0.15) is 11.3 Å². The summed E-state index contributed by atoms with van der Waals surface area (Å²) in [5.74, 6) is 7.55. The van der Waals surface area contributed by atoms with Crippen LogP contribution in [0.2, 0.25) is 0 Å². The van der Waals surface area contributed by atoms with Gasteiger partial charge in [0.2, 0.25) is 5.16 Å². The molecule has 0 saturated heterocycles. The summed E-state index contributed by atoms with van der Waals surface area (Å²) in [7, 11) is 0. The predicted octanol–water partition coefficient (Wildman–Crippen LogP) is 4.44. The second kappa shape index (κ2) is 6.99. The zero-order chi connectivity index (χ0) is 17.2. The maximum Gasteiger partial charge on any atom is 0.210 e. The molecule has 25 heavy (non-hydrogen) atoms. The van der Waals surface area contributed by atoms with E-state index in [0.717, 1.165) is 16.3 Å². The van der Waals surface area contributed by atoms with Crippen molar-refractivity contribution in [1.29, 1.82) is 0 Å². The van der Waals surface area contributed by atoms with E-state index in [9.17, 15) is 0 Å². The van der Waals surface area contributed by atoms with Crippen LogP contribution < -0.4 is 5.84 Å². The molecule has 4 aromatic rings. The standard InChI is InChI=1S/C17H15N5S3/c1-11-2-4-12(5-3-11)15-20-21-17(22(15)18)25-10-14-9-24-16(19-14)13-6-7-23-8-13/h2-9H,10,18H2,1H3. The first kappa shape index (κ1) is 16.3. The molecule has 3 aromatic heterocycles. The number of rotatable bonds is 5. The summed E-state index contributed by atoms with van der Waals surface area (Å²) in [6.07, 6.45) is 0. The monoisotopic (exact) mass is 385 g/mol. The minimum Gasteiger partial charge on any atom is -0.335 e. The van der Waals surface area contributed by atoms with Crippen molar-refractivity contribution in [1.82, 2.24) is 19.9 Å². The van der Waals surface area contributed by atoms with Gasteiger partial charge >= 0.3 is 0 Å². The molecule has 0 aliphatic heterocycles. The first-order valence-corrected chi connectivity index (χ1v) is 10.4. The Labute approximate surface area is 157 Å². The molecule has 0 atom stereocenters. The van der Waals surface area contributed by atoms with Crippen molar-refractivity contribution in [3.63, 3.8) is 0 Å². The zero-order valence-electron chi connectivity index (χ0n) is 13.4. The Morgan fingerprint density at radius 1 is 1.08 bits per heavy atom. The fourth-order valence-corrected chi connectivity index (χ4v) is 4.69. The Morgan fingerprint density at radius 2 is 1.92 bits per heavy atom. The van der Waals surface area contributed by atoms with E-state index < -0.39 is 0 Å². The van der Waals surface area contributed by atoms with Crippen molar-refractivity contribution < 1.29 is 0 Å². The molecular formula is C17H15N5S3. The summed E-state index contributed by atoms with van der Waals surface area (Å²) in [6, 6.07) is 10.2. The third kappa shape index (κ3) is 3.46. The number of thiophene rings is 1. The minimum absolute atomic E-state index is 0.666. The third-order valence-electron chi connectivity index (χ3n) is 3.64. The summed E-state index contributed by atoms with van der Waals surface area (Å²) in [5, 5.41) is 16.4. The molecule has 0 saturated carbocycles. The number of nitrogens with two attached hydrogens (primary N) is 1. The average molecular weight is 386 g/mol. The summed E-state index contributed by atoms with van der Waals surface area (Å²) < 4.78 is 1.54. The lowest BCUT2D eigenvalue weighted by Crippen LogP contribution is -2.11. The van der Waals surface area contributed by atoms with E-state index in [2.05, 4.69) is 44.3 Å². The molecule has 0 fully saturated rings. The Kier molecular flexibility index (Phi) is 4.56. The van der Waals surface area contributed by atoms with Crippen molar-refractivity contribution in [2.45, 2.75) is 17.8 Å². The first-order valence-electron chi connectivity index (χ1n) is 7.58. The molecule has 3 heterocycles. The SMILES string of the molecule is Cc1ccc(-c2nnc(SCc3csc(-c4ccsc4)n3)n2N)cc1. The second-order valence-electron chi connectivity index (χ2n) is 5.49. The quantitative estimate of drug-likeness (QED) is 0.406. The second-order valence-corrected chi connectivity index (χ2v) is 8.07. The third-order valence-corrected chi connectivity index (χ3v) is 6.24. The Hall–Kier alpha value is -2.16. The molecule has 0 unspecified atom stereocenters. The highest BCUT2D eigenvalue weighted by molar-refractivity contribution is 7.98. The molecule has 5 nitrogen and oxygen atoms in total. The molecule has 4 rings (SSSR count). The largest absolute Gasteiger partial charge is 0.335 e. The van der Waals surface area contributed by atoms with Crippen LogP contribution in [-0.2, 0) is 5.75 Å². The highest BCUT2D eigenvalue weighted by atomic mass is 32.2. The van der Waals surface area contributed by atoms with Gasteiger partial charge in [-0.25, -0.2) is 9.66 Å². The van der Waals surface area contributed by atoms with Gasteiger partial charge in [-0.15, -0.1) is 21.5 Å². The van der Waals surface area contributed by atoms with E-state index in [1.54, 1.807) is 39.1 Å². The first-order chi connectivity index (χ1) is 12.2. The van der Waals surface area contributed by atoms with Gasteiger partial charge in [-0.05, 0) is 18.4 Å². The zero-order valence-corrected chi connectivity index (χ0v) is 15.9. The van der Waals surface area contributed by atoms with Crippen LogP contribution in [0.15, 0.2) is 51.6 Å². The lowest BCUT2D eigenvalue weighted by Gasteiger charge is -2.03. The number of hydrogen-bond acceptors (Lipinski definition) is 7.